The number of carbonyl (C=O) groups excluding carboxylic acids is 1. The van der Waals surface area contributed by atoms with E-state index >= 15 is 0 Å². The Morgan fingerprint density at radius 3 is 2.50 bits per heavy atom. The van der Waals surface area contributed by atoms with Gasteiger partial charge < -0.3 is 15.0 Å². The number of piperidine rings is 3. The summed E-state index contributed by atoms with van der Waals surface area (Å²) in [7, 11) is 0. The lowest BCUT2D eigenvalue weighted by molar-refractivity contribution is -0.274. The number of benzene rings is 1. The maximum atomic E-state index is 12.8. The highest BCUT2D eigenvalue weighted by atomic mass is 35.5. The molecule has 10 heteroatoms. The monoisotopic (exact) mass is 441 g/mol. The van der Waals surface area contributed by atoms with Crippen LogP contribution in [0.5, 0.6) is 5.75 Å². The van der Waals surface area contributed by atoms with Crippen molar-refractivity contribution < 1.29 is 22.7 Å². The molecule has 0 saturated carbocycles. The molecule has 2 bridgehead atoms. The summed E-state index contributed by atoms with van der Waals surface area (Å²) in [4.78, 5) is 27.4. The fourth-order valence-electron chi connectivity index (χ4n) is 4.07. The van der Waals surface area contributed by atoms with Gasteiger partial charge in [0.25, 0.3) is 11.5 Å². The number of nitrogens with one attached hydrogen (secondary N) is 1. The summed E-state index contributed by atoms with van der Waals surface area (Å²) in [5.41, 5.74) is -0.0628. The van der Waals surface area contributed by atoms with Crippen LogP contribution in [0.3, 0.4) is 0 Å². The Morgan fingerprint density at radius 1 is 1.17 bits per heavy atom. The lowest BCUT2D eigenvalue weighted by Gasteiger charge is -2.44. The predicted octanol–water partition coefficient (Wildman–Crippen LogP) is 3.21. The van der Waals surface area contributed by atoms with E-state index in [1.165, 1.54) is 24.4 Å². The van der Waals surface area contributed by atoms with Gasteiger partial charge in [-0.25, -0.2) is 0 Å². The third-order valence-corrected chi connectivity index (χ3v) is 5.86. The van der Waals surface area contributed by atoms with Gasteiger partial charge in [-0.15, -0.1) is 13.2 Å². The van der Waals surface area contributed by atoms with Crippen LogP contribution in [0, 0.1) is 5.92 Å². The van der Waals surface area contributed by atoms with Crippen LogP contribution in [0.25, 0.3) is 5.69 Å². The fraction of sp³-hybridized carbons (Fsp3) is 0.400. The first kappa shape index (κ1) is 20.7. The molecule has 1 aromatic carbocycles. The SMILES string of the molecule is O=C(NC1CN2CCC1CC2)c1ccc(=O)n(-c2ccc(OC(F)(F)F)cc2Cl)c1. The Bertz CT molecular complexity index is 1020. The summed E-state index contributed by atoms with van der Waals surface area (Å²) in [5, 5.41) is 2.92. The molecule has 5 rings (SSSR count). The predicted molar refractivity (Wildman–Crippen MR) is 104 cm³/mol. The van der Waals surface area contributed by atoms with Crippen LogP contribution >= 0.6 is 11.6 Å². The quantitative estimate of drug-likeness (QED) is 0.791. The molecule has 1 unspecified atom stereocenters. The molecular weight excluding hydrogens is 423 g/mol. The summed E-state index contributed by atoms with van der Waals surface area (Å²) < 4.78 is 42.1. The first-order valence-electron chi connectivity index (χ1n) is 9.51. The summed E-state index contributed by atoms with van der Waals surface area (Å²) in [6, 6.07) is 5.97. The second-order valence-electron chi connectivity index (χ2n) is 7.51. The maximum Gasteiger partial charge on any atom is 0.573 e. The van der Waals surface area contributed by atoms with Gasteiger partial charge >= 0.3 is 6.36 Å². The normalized spacial score (nSPS) is 23.3. The number of ether oxygens (including phenoxy) is 1. The Labute approximate surface area is 175 Å². The van der Waals surface area contributed by atoms with Crippen molar-refractivity contribution in [3.05, 3.63) is 57.5 Å². The molecule has 0 spiro atoms. The van der Waals surface area contributed by atoms with Gasteiger partial charge in [0.2, 0.25) is 0 Å². The number of amides is 1. The van der Waals surface area contributed by atoms with Crippen molar-refractivity contribution in [1.29, 1.82) is 0 Å². The number of rotatable bonds is 4. The lowest BCUT2D eigenvalue weighted by atomic mass is 9.84. The van der Waals surface area contributed by atoms with Crippen LogP contribution in [-0.4, -0.2) is 47.4 Å². The Kier molecular flexibility index (Phi) is 5.50. The van der Waals surface area contributed by atoms with E-state index in [1.807, 2.05) is 0 Å². The van der Waals surface area contributed by atoms with Crippen molar-refractivity contribution in [3.8, 4) is 11.4 Å². The van der Waals surface area contributed by atoms with Gasteiger partial charge in [0, 0.05) is 30.9 Å². The minimum absolute atomic E-state index is 0.0581. The fourth-order valence-corrected chi connectivity index (χ4v) is 4.33. The van der Waals surface area contributed by atoms with E-state index < -0.39 is 17.7 Å². The number of hydrogen-bond donors (Lipinski definition) is 1. The van der Waals surface area contributed by atoms with Crippen LogP contribution in [0.15, 0.2) is 41.3 Å². The first-order valence-corrected chi connectivity index (χ1v) is 9.89. The average molecular weight is 442 g/mol. The van der Waals surface area contributed by atoms with Crippen LogP contribution in [0.4, 0.5) is 13.2 Å². The summed E-state index contributed by atoms with van der Waals surface area (Å²) >= 11 is 6.08. The molecule has 1 amide bonds. The number of alkyl halides is 3. The van der Waals surface area contributed by atoms with Gasteiger partial charge in [-0.3, -0.25) is 14.2 Å². The van der Waals surface area contributed by atoms with E-state index in [2.05, 4.69) is 15.0 Å². The maximum absolute atomic E-state index is 12.8. The molecule has 0 aliphatic carbocycles. The molecule has 3 aliphatic rings. The molecule has 4 heterocycles. The van der Waals surface area contributed by atoms with E-state index in [4.69, 9.17) is 11.6 Å². The first-order chi connectivity index (χ1) is 14.2. The number of nitrogens with zero attached hydrogens (tertiary/aromatic N) is 2. The third-order valence-electron chi connectivity index (χ3n) is 5.56. The van der Waals surface area contributed by atoms with Crippen molar-refractivity contribution in [3.63, 3.8) is 0 Å². The number of hydrogen-bond acceptors (Lipinski definition) is 4. The zero-order chi connectivity index (χ0) is 21.5. The van der Waals surface area contributed by atoms with E-state index in [-0.39, 0.29) is 28.2 Å². The Balaban J connectivity index is 1.56. The highest BCUT2D eigenvalue weighted by Crippen LogP contribution is 2.30. The number of aromatic nitrogens is 1. The molecule has 1 N–H and O–H groups in total. The van der Waals surface area contributed by atoms with Gasteiger partial charge in [-0.1, -0.05) is 11.6 Å². The number of halogens is 4. The van der Waals surface area contributed by atoms with Gasteiger partial charge in [0.05, 0.1) is 16.3 Å². The largest absolute Gasteiger partial charge is 0.573 e. The molecule has 6 nitrogen and oxygen atoms in total. The minimum atomic E-state index is -4.85. The highest BCUT2D eigenvalue weighted by Gasteiger charge is 2.35. The summed E-state index contributed by atoms with van der Waals surface area (Å²) in [6.07, 6.45) is -1.42. The van der Waals surface area contributed by atoms with Crippen LogP contribution < -0.4 is 15.6 Å². The van der Waals surface area contributed by atoms with Crippen molar-refractivity contribution in [2.24, 2.45) is 5.92 Å². The minimum Gasteiger partial charge on any atom is -0.406 e. The molecular formula is C20H19ClF3N3O3. The highest BCUT2D eigenvalue weighted by molar-refractivity contribution is 6.32. The van der Waals surface area contributed by atoms with Crippen molar-refractivity contribution in [1.82, 2.24) is 14.8 Å². The Hall–Kier alpha value is -2.52. The number of fused-ring (bicyclic) bond motifs is 3. The molecule has 160 valence electrons. The van der Waals surface area contributed by atoms with Crippen molar-refractivity contribution in [2.75, 3.05) is 19.6 Å². The van der Waals surface area contributed by atoms with Gasteiger partial charge in [0.1, 0.15) is 5.75 Å². The third kappa shape index (κ3) is 4.46. The molecule has 30 heavy (non-hydrogen) atoms. The molecule has 0 radical (unpaired) electrons. The number of pyridine rings is 1. The lowest BCUT2D eigenvalue weighted by Crippen LogP contribution is -2.57. The average Bonchev–Trinajstić information content (AvgIpc) is 2.68. The van der Waals surface area contributed by atoms with E-state index in [0.29, 0.717) is 5.92 Å². The van der Waals surface area contributed by atoms with Crippen LogP contribution in [0.2, 0.25) is 5.02 Å². The van der Waals surface area contributed by atoms with Gasteiger partial charge in [0.15, 0.2) is 0 Å². The molecule has 2 aromatic rings. The van der Waals surface area contributed by atoms with E-state index in [1.54, 1.807) is 0 Å². The van der Waals surface area contributed by atoms with E-state index in [9.17, 15) is 22.8 Å². The van der Waals surface area contributed by atoms with Gasteiger partial charge in [-0.05, 0) is 50.0 Å². The summed E-state index contributed by atoms with van der Waals surface area (Å²) in [5.74, 6) is -0.364. The second kappa shape index (κ2) is 7.96. The molecule has 1 aromatic heterocycles. The van der Waals surface area contributed by atoms with Crippen LogP contribution in [0.1, 0.15) is 23.2 Å². The zero-order valence-electron chi connectivity index (χ0n) is 15.8. The summed E-state index contributed by atoms with van der Waals surface area (Å²) in [6.45, 7) is 2.91. The molecule has 3 saturated heterocycles. The second-order valence-corrected chi connectivity index (χ2v) is 7.91. The Morgan fingerprint density at radius 2 is 1.90 bits per heavy atom. The van der Waals surface area contributed by atoms with E-state index in [0.717, 1.165) is 49.2 Å². The molecule has 3 aliphatic heterocycles. The van der Waals surface area contributed by atoms with Crippen LogP contribution in [-0.2, 0) is 0 Å². The topological polar surface area (TPSA) is 63.6 Å². The smallest absolute Gasteiger partial charge is 0.406 e. The standard InChI is InChI=1S/C20H19ClF3N3O3/c21-15-9-14(30-20(22,23)24)2-3-17(15)27-10-13(1-4-18(27)28)19(29)25-16-11-26-7-5-12(16)6-8-26/h1-4,9-10,12,16H,5-8,11H2,(H,25,29). The zero-order valence-corrected chi connectivity index (χ0v) is 16.5. The number of carbonyl (C=O) groups is 1. The molecule has 1 atom stereocenters. The van der Waals surface area contributed by atoms with Crippen molar-refractivity contribution >= 4 is 17.5 Å². The molecule has 3 fully saturated rings. The van der Waals surface area contributed by atoms with Crippen molar-refractivity contribution in [2.45, 2.75) is 25.2 Å². The van der Waals surface area contributed by atoms with Gasteiger partial charge in [-0.2, -0.15) is 0 Å².